The SMILES string of the molecule is CN=C(NCC1(c2ccc(F)cc2)CCOCC1)N(C)Cc1cccn1C. The molecule has 2 aromatic rings. The van der Waals surface area contributed by atoms with E-state index in [-0.39, 0.29) is 11.2 Å². The van der Waals surface area contributed by atoms with Crippen molar-refractivity contribution in [2.75, 3.05) is 33.9 Å². The lowest BCUT2D eigenvalue weighted by Gasteiger charge is -2.39. The topological polar surface area (TPSA) is 41.8 Å². The van der Waals surface area contributed by atoms with Crippen LogP contribution in [0, 0.1) is 5.82 Å². The molecule has 6 heteroatoms. The Hall–Kier alpha value is -2.34. The molecule has 0 radical (unpaired) electrons. The van der Waals surface area contributed by atoms with Crippen LogP contribution < -0.4 is 5.32 Å². The second-order valence-electron chi connectivity index (χ2n) is 7.27. The molecule has 0 bridgehead atoms. The highest BCUT2D eigenvalue weighted by atomic mass is 19.1. The highest BCUT2D eigenvalue weighted by Gasteiger charge is 2.34. The van der Waals surface area contributed by atoms with Crippen molar-refractivity contribution in [2.24, 2.45) is 12.0 Å². The highest BCUT2D eigenvalue weighted by molar-refractivity contribution is 5.79. The Kier molecular flexibility index (Phi) is 6.16. The summed E-state index contributed by atoms with van der Waals surface area (Å²) in [7, 11) is 5.89. The molecular formula is C21H29FN4O. The quantitative estimate of drug-likeness (QED) is 0.648. The summed E-state index contributed by atoms with van der Waals surface area (Å²) in [5, 5.41) is 3.54. The second kappa shape index (κ2) is 8.57. The summed E-state index contributed by atoms with van der Waals surface area (Å²) >= 11 is 0. The lowest BCUT2D eigenvalue weighted by atomic mass is 9.74. The smallest absolute Gasteiger partial charge is 0.193 e. The number of rotatable bonds is 5. The van der Waals surface area contributed by atoms with Crippen LogP contribution in [0.2, 0.25) is 0 Å². The van der Waals surface area contributed by atoms with Crippen LogP contribution in [0.1, 0.15) is 24.1 Å². The number of guanidine groups is 1. The Morgan fingerprint density at radius 3 is 2.56 bits per heavy atom. The summed E-state index contributed by atoms with van der Waals surface area (Å²) in [5.74, 6) is 0.649. The number of ether oxygens (including phenoxy) is 1. The fourth-order valence-electron chi connectivity index (χ4n) is 3.74. The van der Waals surface area contributed by atoms with Crippen LogP contribution >= 0.6 is 0 Å². The van der Waals surface area contributed by atoms with Gasteiger partial charge >= 0.3 is 0 Å². The van der Waals surface area contributed by atoms with Crippen molar-refractivity contribution in [3.05, 3.63) is 59.7 Å². The van der Waals surface area contributed by atoms with E-state index < -0.39 is 0 Å². The summed E-state index contributed by atoms with van der Waals surface area (Å²) in [6.07, 6.45) is 3.86. The second-order valence-corrected chi connectivity index (χ2v) is 7.27. The summed E-state index contributed by atoms with van der Waals surface area (Å²) in [5.41, 5.74) is 2.30. The molecule has 3 rings (SSSR count). The first-order valence-corrected chi connectivity index (χ1v) is 9.40. The van der Waals surface area contributed by atoms with Gasteiger partial charge in [-0.1, -0.05) is 12.1 Å². The van der Waals surface area contributed by atoms with Crippen molar-refractivity contribution in [1.82, 2.24) is 14.8 Å². The number of halogens is 1. The van der Waals surface area contributed by atoms with E-state index in [9.17, 15) is 4.39 Å². The highest BCUT2D eigenvalue weighted by Crippen LogP contribution is 2.34. The van der Waals surface area contributed by atoms with Crippen LogP contribution in [0.15, 0.2) is 47.6 Å². The van der Waals surface area contributed by atoms with Crippen LogP contribution in [0.25, 0.3) is 0 Å². The zero-order valence-corrected chi connectivity index (χ0v) is 16.4. The summed E-state index contributed by atoms with van der Waals surface area (Å²) in [4.78, 5) is 6.57. The van der Waals surface area contributed by atoms with E-state index in [1.807, 2.05) is 38.5 Å². The van der Waals surface area contributed by atoms with Gasteiger partial charge in [0.2, 0.25) is 0 Å². The molecule has 1 N–H and O–H groups in total. The lowest BCUT2D eigenvalue weighted by molar-refractivity contribution is 0.0512. The molecule has 0 atom stereocenters. The Morgan fingerprint density at radius 2 is 1.96 bits per heavy atom. The number of hydrogen-bond donors (Lipinski definition) is 1. The van der Waals surface area contributed by atoms with Gasteiger partial charge < -0.3 is 19.5 Å². The minimum atomic E-state index is -0.202. The number of nitrogens with zero attached hydrogens (tertiary/aromatic N) is 3. The Labute approximate surface area is 160 Å². The van der Waals surface area contributed by atoms with Gasteiger partial charge in [-0.05, 0) is 42.7 Å². The summed E-state index contributed by atoms with van der Waals surface area (Å²) in [6, 6.07) is 11.1. The summed E-state index contributed by atoms with van der Waals surface area (Å²) in [6.45, 7) is 2.95. The maximum atomic E-state index is 13.4. The van der Waals surface area contributed by atoms with Crippen LogP contribution in [0.5, 0.6) is 0 Å². The van der Waals surface area contributed by atoms with E-state index in [1.165, 1.54) is 5.69 Å². The number of aryl methyl sites for hydroxylation is 1. The van der Waals surface area contributed by atoms with E-state index in [0.717, 1.165) is 50.7 Å². The van der Waals surface area contributed by atoms with E-state index in [4.69, 9.17) is 4.74 Å². The molecule has 0 spiro atoms. The molecule has 5 nitrogen and oxygen atoms in total. The first-order valence-electron chi connectivity index (χ1n) is 9.40. The predicted molar refractivity (Wildman–Crippen MR) is 106 cm³/mol. The predicted octanol–water partition coefficient (Wildman–Crippen LogP) is 2.92. The third-order valence-corrected chi connectivity index (χ3v) is 5.52. The Morgan fingerprint density at radius 1 is 1.26 bits per heavy atom. The van der Waals surface area contributed by atoms with Gasteiger partial charge in [0.15, 0.2) is 5.96 Å². The number of hydrogen-bond acceptors (Lipinski definition) is 2. The average molecular weight is 372 g/mol. The van der Waals surface area contributed by atoms with Crippen molar-refractivity contribution in [3.8, 4) is 0 Å². The maximum absolute atomic E-state index is 13.4. The van der Waals surface area contributed by atoms with Crippen molar-refractivity contribution in [1.29, 1.82) is 0 Å². The molecule has 1 aliphatic heterocycles. The van der Waals surface area contributed by atoms with Gasteiger partial charge in [-0.25, -0.2) is 4.39 Å². The van der Waals surface area contributed by atoms with Crippen molar-refractivity contribution < 1.29 is 9.13 Å². The number of aromatic nitrogens is 1. The van der Waals surface area contributed by atoms with Crippen LogP contribution in [-0.4, -0.2) is 49.3 Å². The number of benzene rings is 1. The lowest BCUT2D eigenvalue weighted by Crippen LogP contribution is -2.48. The molecule has 146 valence electrons. The van der Waals surface area contributed by atoms with Crippen molar-refractivity contribution >= 4 is 5.96 Å². The first kappa shape index (κ1) is 19.4. The molecule has 0 amide bonds. The Bertz CT molecular complexity index is 763. The molecule has 27 heavy (non-hydrogen) atoms. The maximum Gasteiger partial charge on any atom is 0.193 e. The molecule has 1 aliphatic rings. The first-order chi connectivity index (χ1) is 13.0. The largest absolute Gasteiger partial charge is 0.381 e. The molecule has 1 saturated heterocycles. The fraction of sp³-hybridized carbons (Fsp3) is 0.476. The third kappa shape index (κ3) is 4.50. The van der Waals surface area contributed by atoms with Gasteiger partial charge in [-0.15, -0.1) is 0 Å². The molecule has 0 aliphatic carbocycles. The average Bonchev–Trinajstić information content (AvgIpc) is 3.08. The van der Waals surface area contributed by atoms with Crippen molar-refractivity contribution in [3.63, 3.8) is 0 Å². The van der Waals surface area contributed by atoms with E-state index in [1.54, 1.807) is 19.2 Å². The number of nitrogens with one attached hydrogen (secondary N) is 1. The van der Waals surface area contributed by atoms with E-state index >= 15 is 0 Å². The molecule has 1 aromatic heterocycles. The minimum absolute atomic E-state index is 0.0757. The standard InChI is InChI=1S/C21H29FN4O/c1-23-20(26(3)15-19-5-4-12-25(19)2)24-16-21(10-13-27-14-11-21)17-6-8-18(22)9-7-17/h4-9,12H,10-11,13-16H2,1-3H3,(H,23,24). The summed E-state index contributed by atoms with van der Waals surface area (Å²) < 4.78 is 21.1. The zero-order valence-electron chi connectivity index (χ0n) is 16.4. The minimum Gasteiger partial charge on any atom is -0.381 e. The molecule has 2 heterocycles. The van der Waals surface area contributed by atoms with E-state index in [0.29, 0.717) is 0 Å². The normalized spacial score (nSPS) is 17.0. The van der Waals surface area contributed by atoms with Gasteiger partial charge in [0.25, 0.3) is 0 Å². The molecule has 0 saturated carbocycles. The van der Waals surface area contributed by atoms with Crippen LogP contribution in [0.3, 0.4) is 0 Å². The zero-order chi connectivity index (χ0) is 19.3. The third-order valence-electron chi connectivity index (χ3n) is 5.52. The van der Waals surface area contributed by atoms with Gasteiger partial charge in [-0.3, -0.25) is 4.99 Å². The molecular weight excluding hydrogens is 343 g/mol. The van der Waals surface area contributed by atoms with Crippen molar-refractivity contribution in [2.45, 2.75) is 24.8 Å². The monoisotopic (exact) mass is 372 g/mol. The van der Waals surface area contributed by atoms with Gasteiger partial charge in [0.05, 0.1) is 6.54 Å². The van der Waals surface area contributed by atoms with Gasteiger partial charge in [0.1, 0.15) is 5.82 Å². The molecule has 1 aromatic carbocycles. The number of aliphatic imine (C=N–C) groups is 1. The van der Waals surface area contributed by atoms with E-state index in [2.05, 4.69) is 25.8 Å². The van der Waals surface area contributed by atoms with Crippen LogP contribution in [-0.2, 0) is 23.7 Å². The fourth-order valence-corrected chi connectivity index (χ4v) is 3.74. The molecule has 1 fully saturated rings. The Balaban J connectivity index is 1.72. The van der Waals surface area contributed by atoms with Gasteiger partial charge in [0, 0.05) is 58.2 Å². The van der Waals surface area contributed by atoms with Crippen LogP contribution in [0.4, 0.5) is 4.39 Å². The van der Waals surface area contributed by atoms with Gasteiger partial charge in [-0.2, -0.15) is 0 Å². The molecule has 0 unspecified atom stereocenters.